The SMILES string of the molecule is Cc1ccc(S)cc1C(=O)NCCCOCC1CC1. The van der Waals surface area contributed by atoms with Crippen LogP contribution in [-0.4, -0.2) is 25.7 Å². The van der Waals surface area contributed by atoms with Gasteiger partial charge in [0.1, 0.15) is 0 Å². The molecule has 3 nitrogen and oxygen atoms in total. The summed E-state index contributed by atoms with van der Waals surface area (Å²) in [5.74, 6) is 0.769. The van der Waals surface area contributed by atoms with Gasteiger partial charge in [-0.25, -0.2) is 0 Å². The van der Waals surface area contributed by atoms with Gasteiger partial charge in [-0.05, 0) is 49.8 Å². The Balaban J connectivity index is 1.66. The lowest BCUT2D eigenvalue weighted by atomic mass is 10.1. The zero-order chi connectivity index (χ0) is 13.7. The van der Waals surface area contributed by atoms with Crippen LogP contribution in [0.5, 0.6) is 0 Å². The van der Waals surface area contributed by atoms with Gasteiger partial charge in [0, 0.05) is 30.2 Å². The third kappa shape index (κ3) is 4.88. The van der Waals surface area contributed by atoms with E-state index in [1.807, 2.05) is 19.1 Å². The third-order valence-corrected chi connectivity index (χ3v) is 3.55. The molecule has 0 spiro atoms. The minimum Gasteiger partial charge on any atom is -0.381 e. The number of ether oxygens (including phenoxy) is 1. The molecule has 1 fully saturated rings. The third-order valence-electron chi connectivity index (χ3n) is 3.27. The van der Waals surface area contributed by atoms with Gasteiger partial charge in [0.05, 0.1) is 0 Å². The first-order valence-corrected chi connectivity index (χ1v) is 7.27. The highest BCUT2D eigenvalue weighted by Gasteiger charge is 2.20. The summed E-state index contributed by atoms with van der Waals surface area (Å²) >= 11 is 4.26. The molecule has 4 heteroatoms. The number of thiol groups is 1. The molecular formula is C15H21NO2S. The normalized spacial score (nSPS) is 14.4. The highest BCUT2D eigenvalue weighted by atomic mass is 32.1. The first kappa shape index (κ1) is 14.4. The molecule has 0 heterocycles. The predicted octanol–water partition coefficient (Wildman–Crippen LogP) is 2.83. The molecule has 1 amide bonds. The summed E-state index contributed by atoms with van der Waals surface area (Å²) in [5.41, 5.74) is 1.67. The van der Waals surface area contributed by atoms with Crippen molar-refractivity contribution in [1.82, 2.24) is 5.32 Å². The largest absolute Gasteiger partial charge is 0.381 e. The van der Waals surface area contributed by atoms with Gasteiger partial charge in [0.15, 0.2) is 0 Å². The Bertz CT molecular complexity index is 444. The Morgan fingerprint density at radius 3 is 3.00 bits per heavy atom. The van der Waals surface area contributed by atoms with E-state index in [4.69, 9.17) is 4.74 Å². The smallest absolute Gasteiger partial charge is 0.251 e. The molecule has 0 aromatic heterocycles. The number of rotatable bonds is 7. The predicted molar refractivity (Wildman–Crippen MR) is 78.9 cm³/mol. The maximum absolute atomic E-state index is 12.0. The zero-order valence-corrected chi connectivity index (χ0v) is 12.2. The fraction of sp³-hybridized carbons (Fsp3) is 0.533. The van der Waals surface area contributed by atoms with Gasteiger partial charge >= 0.3 is 0 Å². The first-order valence-electron chi connectivity index (χ1n) is 6.82. The van der Waals surface area contributed by atoms with Gasteiger partial charge in [-0.15, -0.1) is 12.6 Å². The summed E-state index contributed by atoms with van der Waals surface area (Å²) in [7, 11) is 0. The number of hydrogen-bond donors (Lipinski definition) is 2. The molecule has 0 saturated heterocycles. The number of benzene rings is 1. The Kier molecular flexibility index (Phi) is 5.28. The molecule has 1 aromatic rings. The van der Waals surface area contributed by atoms with E-state index in [0.717, 1.165) is 36.0 Å². The second-order valence-electron chi connectivity index (χ2n) is 5.13. The maximum atomic E-state index is 12.0. The maximum Gasteiger partial charge on any atom is 0.251 e. The molecule has 0 aliphatic heterocycles. The van der Waals surface area contributed by atoms with E-state index in [-0.39, 0.29) is 5.91 Å². The summed E-state index contributed by atoms with van der Waals surface area (Å²) in [6.45, 7) is 4.19. The second kappa shape index (κ2) is 6.96. The van der Waals surface area contributed by atoms with Crippen LogP contribution in [0.15, 0.2) is 23.1 Å². The number of carbonyl (C=O) groups excluding carboxylic acids is 1. The van der Waals surface area contributed by atoms with Crippen LogP contribution in [0.25, 0.3) is 0 Å². The Hall–Kier alpha value is -1.00. The standard InChI is InChI=1S/C15H21NO2S/c1-11-3-6-13(19)9-14(11)15(17)16-7-2-8-18-10-12-4-5-12/h3,6,9,12,19H,2,4-5,7-8,10H2,1H3,(H,16,17). The van der Waals surface area contributed by atoms with Crippen LogP contribution < -0.4 is 5.32 Å². The minimum atomic E-state index is -0.0319. The Morgan fingerprint density at radius 2 is 2.26 bits per heavy atom. The summed E-state index contributed by atoms with van der Waals surface area (Å²) in [5, 5.41) is 2.92. The molecular weight excluding hydrogens is 258 g/mol. The van der Waals surface area contributed by atoms with E-state index in [1.165, 1.54) is 12.8 Å². The van der Waals surface area contributed by atoms with Crippen molar-refractivity contribution in [3.8, 4) is 0 Å². The first-order chi connectivity index (χ1) is 9.16. The van der Waals surface area contributed by atoms with E-state index in [1.54, 1.807) is 6.07 Å². The molecule has 104 valence electrons. The molecule has 1 N–H and O–H groups in total. The Labute approximate surface area is 120 Å². The second-order valence-corrected chi connectivity index (χ2v) is 5.64. The molecule has 2 rings (SSSR count). The zero-order valence-electron chi connectivity index (χ0n) is 11.3. The molecule has 1 aliphatic rings. The number of nitrogens with one attached hydrogen (secondary N) is 1. The molecule has 0 atom stereocenters. The topological polar surface area (TPSA) is 38.3 Å². The van der Waals surface area contributed by atoms with Crippen LogP contribution in [0.2, 0.25) is 0 Å². The van der Waals surface area contributed by atoms with Crippen molar-refractivity contribution in [1.29, 1.82) is 0 Å². The number of hydrogen-bond acceptors (Lipinski definition) is 3. The van der Waals surface area contributed by atoms with Crippen LogP contribution in [-0.2, 0) is 4.74 Å². The van der Waals surface area contributed by atoms with Crippen molar-refractivity contribution >= 4 is 18.5 Å². The lowest BCUT2D eigenvalue weighted by Gasteiger charge is -2.08. The molecule has 0 unspecified atom stereocenters. The van der Waals surface area contributed by atoms with Crippen molar-refractivity contribution < 1.29 is 9.53 Å². The summed E-state index contributed by atoms with van der Waals surface area (Å²) in [4.78, 5) is 12.8. The lowest BCUT2D eigenvalue weighted by Crippen LogP contribution is -2.26. The summed E-state index contributed by atoms with van der Waals surface area (Å²) in [6.07, 6.45) is 3.49. The van der Waals surface area contributed by atoms with Gasteiger partial charge in [-0.1, -0.05) is 6.07 Å². The van der Waals surface area contributed by atoms with Gasteiger partial charge < -0.3 is 10.1 Å². The van der Waals surface area contributed by atoms with E-state index >= 15 is 0 Å². The van der Waals surface area contributed by atoms with Crippen molar-refractivity contribution in [3.05, 3.63) is 29.3 Å². The fourth-order valence-electron chi connectivity index (χ4n) is 1.86. The average Bonchev–Trinajstić information content (AvgIpc) is 3.20. The van der Waals surface area contributed by atoms with Crippen molar-refractivity contribution in [2.45, 2.75) is 31.1 Å². The average molecular weight is 279 g/mol. The van der Waals surface area contributed by atoms with Crippen LogP contribution >= 0.6 is 12.6 Å². The monoisotopic (exact) mass is 279 g/mol. The quantitative estimate of drug-likeness (QED) is 0.595. The molecule has 0 radical (unpaired) electrons. The lowest BCUT2D eigenvalue weighted by molar-refractivity contribution is 0.0936. The highest BCUT2D eigenvalue weighted by Crippen LogP contribution is 2.28. The molecule has 1 saturated carbocycles. The van der Waals surface area contributed by atoms with Crippen molar-refractivity contribution in [2.24, 2.45) is 5.92 Å². The molecule has 0 bridgehead atoms. The fourth-order valence-corrected chi connectivity index (χ4v) is 2.06. The van der Waals surface area contributed by atoms with E-state index in [2.05, 4.69) is 17.9 Å². The summed E-state index contributed by atoms with van der Waals surface area (Å²) in [6, 6.07) is 5.61. The van der Waals surface area contributed by atoms with Crippen molar-refractivity contribution in [2.75, 3.05) is 19.8 Å². The minimum absolute atomic E-state index is 0.0319. The molecule has 1 aromatic carbocycles. The molecule has 1 aliphatic carbocycles. The molecule has 19 heavy (non-hydrogen) atoms. The number of carbonyl (C=O) groups is 1. The number of aryl methyl sites for hydroxylation is 1. The summed E-state index contributed by atoms with van der Waals surface area (Å²) < 4.78 is 5.52. The highest BCUT2D eigenvalue weighted by molar-refractivity contribution is 7.80. The Morgan fingerprint density at radius 1 is 1.47 bits per heavy atom. The van der Waals surface area contributed by atoms with Crippen LogP contribution in [0.3, 0.4) is 0 Å². The number of amides is 1. The van der Waals surface area contributed by atoms with Gasteiger partial charge in [0.2, 0.25) is 0 Å². The van der Waals surface area contributed by atoms with E-state index in [0.29, 0.717) is 12.1 Å². The van der Waals surface area contributed by atoms with Crippen LogP contribution in [0.1, 0.15) is 35.2 Å². The van der Waals surface area contributed by atoms with Gasteiger partial charge in [-0.2, -0.15) is 0 Å². The van der Waals surface area contributed by atoms with Crippen LogP contribution in [0.4, 0.5) is 0 Å². The van der Waals surface area contributed by atoms with E-state index < -0.39 is 0 Å². The van der Waals surface area contributed by atoms with Gasteiger partial charge in [0.25, 0.3) is 5.91 Å². The van der Waals surface area contributed by atoms with Gasteiger partial charge in [-0.3, -0.25) is 4.79 Å². The van der Waals surface area contributed by atoms with Crippen LogP contribution in [0, 0.1) is 12.8 Å². The van der Waals surface area contributed by atoms with E-state index in [9.17, 15) is 4.79 Å². The van der Waals surface area contributed by atoms with Crippen molar-refractivity contribution in [3.63, 3.8) is 0 Å².